The van der Waals surface area contributed by atoms with Gasteiger partial charge in [0.25, 0.3) is 0 Å². The number of aryl methyl sites for hydroxylation is 1. The van der Waals surface area contributed by atoms with Crippen molar-refractivity contribution in [2.75, 3.05) is 11.5 Å². The fraction of sp³-hybridized carbons (Fsp3) is 0.0909. The standard InChI is InChI=1S/C22H20FN7OS/c1-13-26-9-15(22(25)30-13)10-29-32(31)20-5-3-2-4-16(20)14-6-7-17(18(23)8-14)19-11-28-21(24)12-27-19/h2-9,11-12,29H,10H2,1H3,(H2,24,28)(H2,25,26,30). The highest BCUT2D eigenvalue weighted by atomic mass is 32.2. The second kappa shape index (κ2) is 9.16. The summed E-state index contributed by atoms with van der Waals surface area (Å²) in [6.45, 7) is 1.96. The van der Waals surface area contributed by atoms with E-state index in [1.165, 1.54) is 18.5 Å². The van der Waals surface area contributed by atoms with Crippen molar-refractivity contribution < 1.29 is 8.60 Å². The molecule has 5 N–H and O–H groups in total. The van der Waals surface area contributed by atoms with Gasteiger partial charge in [0.2, 0.25) is 0 Å². The van der Waals surface area contributed by atoms with Crippen LogP contribution in [0.2, 0.25) is 0 Å². The molecule has 2 heterocycles. The number of nitrogens with zero attached hydrogens (tertiary/aromatic N) is 4. The first-order valence-electron chi connectivity index (χ1n) is 9.62. The van der Waals surface area contributed by atoms with E-state index < -0.39 is 16.8 Å². The molecule has 0 bridgehead atoms. The smallest absolute Gasteiger partial charge is 0.141 e. The number of anilines is 2. The van der Waals surface area contributed by atoms with Gasteiger partial charge < -0.3 is 11.5 Å². The van der Waals surface area contributed by atoms with Crippen molar-refractivity contribution in [2.45, 2.75) is 18.4 Å². The van der Waals surface area contributed by atoms with Gasteiger partial charge in [-0.15, -0.1) is 0 Å². The molecule has 0 radical (unpaired) electrons. The zero-order valence-corrected chi connectivity index (χ0v) is 17.9. The molecule has 2 aromatic heterocycles. The molecule has 10 heteroatoms. The number of nitrogens with one attached hydrogen (secondary N) is 1. The summed E-state index contributed by atoms with van der Waals surface area (Å²) in [7, 11) is -1.58. The lowest BCUT2D eigenvalue weighted by Gasteiger charge is -2.12. The van der Waals surface area contributed by atoms with E-state index in [-0.39, 0.29) is 12.4 Å². The molecule has 0 aliphatic rings. The fourth-order valence-corrected chi connectivity index (χ4v) is 4.13. The Labute approximate surface area is 186 Å². The average Bonchev–Trinajstić information content (AvgIpc) is 2.79. The van der Waals surface area contributed by atoms with Crippen molar-refractivity contribution in [2.24, 2.45) is 0 Å². The molecule has 162 valence electrons. The number of rotatable bonds is 6. The Morgan fingerprint density at radius 1 is 1.00 bits per heavy atom. The van der Waals surface area contributed by atoms with Crippen LogP contribution in [0.3, 0.4) is 0 Å². The first kappa shape index (κ1) is 21.5. The zero-order valence-electron chi connectivity index (χ0n) is 17.1. The van der Waals surface area contributed by atoms with Crippen LogP contribution < -0.4 is 16.2 Å². The summed E-state index contributed by atoms with van der Waals surface area (Å²) >= 11 is 0. The minimum Gasteiger partial charge on any atom is -0.383 e. The summed E-state index contributed by atoms with van der Waals surface area (Å²) < 4.78 is 30.8. The molecular formula is C22H20FN7OS. The summed E-state index contributed by atoms with van der Waals surface area (Å²) in [5.74, 6) is 0.681. The molecule has 2 aromatic carbocycles. The Kier molecular flexibility index (Phi) is 6.15. The second-order valence-electron chi connectivity index (χ2n) is 6.93. The Bertz CT molecular complexity index is 1300. The fourth-order valence-electron chi connectivity index (χ4n) is 3.10. The van der Waals surface area contributed by atoms with E-state index in [2.05, 4.69) is 24.7 Å². The zero-order chi connectivity index (χ0) is 22.7. The van der Waals surface area contributed by atoms with Crippen molar-refractivity contribution in [3.05, 3.63) is 78.3 Å². The molecular weight excluding hydrogens is 429 g/mol. The van der Waals surface area contributed by atoms with E-state index in [1.807, 2.05) is 0 Å². The number of benzene rings is 2. The van der Waals surface area contributed by atoms with Crippen LogP contribution >= 0.6 is 0 Å². The van der Waals surface area contributed by atoms with Gasteiger partial charge in [0.05, 0.1) is 23.0 Å². The summed E-state index contributed by atoms with van der Waals surface area (Å²) in [5, 5.41) is 0. The highest BCUT2D eigenvalue weighted by Gasteiger charge is 2.15. The van der Waals surface area contributed by atoms with Gasteiger partial charge in [-0.25, -0.2) is 28.3 Å². The second-order valence-corrected chi connectivity index (χ2v) is 8.20. The van der Waals surface area contributed by atoms with Gasteiger partial charge in [-0.3, -0.25) is 4.98 Å². The Hall–Kier alpha value is -3.76. The summed E-state index contributed by atoms with van der Waals surface area (Å²) in [6, 6.07) is 11.8. The summed E-state index contributed by atoms with van der Waals surface area (Å²) in [4.78, 5) is 16.8. The van der Waals surface area contributed by atoms with Crippen molar-refractivity contribution in [1.29, 1.82) is 0 Å². The quantitative estimate of drug-likeness (QED) is 0.412. The molecule has 0 aliphatic heterocycles. The van der Waals surface area contributed by atoms with Crippen molar-refractivity contribution in [1.82, 2.24) is 24.7 Å². The lowest BCUT2D eigenvalue weighted by molar-refractivity contribution is 0.631. The summed E-state index contributed by atoms with van der Waals surface area (Å²) in [5.41, 5.74) is 14.0. The molecule has 0 saturated heterocycles. The number of aromatic nitrogens is 4. The predicted molar refractivity (Wildman–Crippen MR) is 122 cm³/mol. The van der Waals surface area contributed by atoms with Crippen molar-refractivity contribution in [3.63, 3.8) is 0 Å². The number of hydrogen-bond donors (Lipinski definition) is 3. The van der Waals surface area contributed by atoms with Crippen molar-refractivity contribution >= 4 is 22.6 Å². The van der Waals surface area contributed by atoms with Gasteiger partial charge in [0, 0.05) is 23.9 Å². The molecule has 4 rings (SSSR count). The minimum atomic E-state index is -1.58. The van der Waals surface area contributed by atoms with Crippen LogP contribution in [0.1, 0.15) is 11.4 Å². The van der Waals surface area contributed by atoms with Crippen LogP contribution in [0.4, 0.5) is 16.0 Å². The van der Waals surface area contributed by atoms with Crippen LogP contribution in [0.15, 0.2) is 66.0 Å². The van der Waals surface area contributed by atoms with E-state index in [0.29, 0.717) is 44.5 Å². The molecule has 0 saturated carbocycles. The molecule has 8 nitrogen and oxygen atoms in total. The Morgan fingerprint density at radius 3 is 2.53 bits per heavy atom. The highest BCUT2D eigenvalue weighted by molar-refractivity contribution is 7.83. The topological polar surface area (TPSA) is 133 Å². The minimum absolute atomic E-state index is 0.218. The summed E-state index contributed by atoms with van der Waals surface area (Å²) in [6.07, 6.45) is 4.39. The monoisotopic (exact) mass is 449 g/mol. The molecule has 0 amide bonds. The largest absolute Gasteiger partial charge is 0.383 e. The van der Waals surface area contributed by atoms with Gasteiger partial charge in [0.1, 0.15) is 34.3 Å². The Morgan fingerprint density at radius 2 is 1.81 bits per heavy atom. The Balaban J connectivity index is 1.59. The van der Waals surface area contributed by atoms with E-state index in [4.69, 9.17) is 11.5 Å². The first-order chi connectivity index (χ1) is 15.4. The maximum Gasteiger partial charge on any atom is 0.141 e. The molecule has 1 unspecified atom stereocenters. The van der Waals surface area contributed by atoms with Gasteiger partial charge in [0.15, 0.2) is 0 Å². The van der Waals surface area contributed by atoms with E-state index in [9.17, 15) is 8.60 Å². The maximum absolute atomic E-state index is 14.9. The molecule has 32 heavy (non-hydrogen) atoms. The number of nitrogens with two attached hydrogens (primary N) is 2. The van der Waals surface area contributed by atoms with E-state index in [1.54, 1.807) is 49.5 Å². The van der Waals surface area contributed by atoms with Gasteiger partial charge in [-0.1, -0.05) is 24.3 Å². The number of hydrogen-bond acceptors (Lipinski definition) is 7. The predicted octanol–water partition coefficient (Wildman–Crippen LogP) is 3.02. The molecule has 1 atom stereocenters. The molecule has 0 fully saturated rings. The normalized spacial score (nSPS) is 11.9. The van der Waals surface area contributed by atoms with Crippen LogP contribution in [-0.4, -0.2) is 24.1 Å². The SMILES string of the molecule is Cc1ncc(CNS(=O)c2ccccc2-c2ccc(-c3cnc(N)cn3)c(F)c2)c(N)n1. The third kappa shape index (κ3) is 4.61. The maximum atomic E-state index is 14.9. The van der Waals surface area contributed by atoms with E-state index in [0.717, 1.165) is 0 Å². The van der Waals surface area contributed by atoms with Gasteiger partial charge >= 0.3 is 0 Å². The van der Waals surface area contributed by atoms with E-state index >= 15 is 0 Å². The van der Waals surface area contributed by atoms with Crippen LogP contribution in [0, 0.1) is 12.7 Å². The number of nitrogen functional groups attached to an aromatic ring is 2. The molecule has 4 aromatic rings. The van der Waals surface area contributed by atoms with Gasteiger partial charge in [-0.2, -0.15) is 0 Å². The van der Waals surface area contributed by atoms with Gasteiger partial charge in [-0.05, 0) is 36.2 Å². The van der Waals surface area contributed by atoms with Crippen LogP contribution in [0.5, 0.6) is 0 Å². The first-order valence-corrected chi connectivity index (χ1v) is 10.8. The van der Waals surface area contributed by atoms with Crippen LogP contribution in [0.25, 0.3) is 22.4 Å². The molecule has 0 spiro atoms. The lowest BCUT2D eigenvalue weighted by Crippen LogP contribution is -2.19. The van der Waals surface area contributed by atoms with Crippen molar-refractivity contribution in [3.8, 4) is 22.4 Å². The third-order valence-corrected chi connectivity index (χ3v) is 5.89. The number of halogens is 1. The van der Waals surface area contributed by atoms with Crippen LogP contribution in [-0.2, 0) is 17.5 Å². The average molecular weight is 450 g/mol. The molecule has 0 aliphatic carbocycles. The highest BCUT2D eigenvalue weighted by Crippen LogP contribution is 2.30. The third-order valence-electron chi connectivity index (χ3n) is 4.73. The lowest BCUT2D eigenvalue weighted by atomic mass is 10.0.